The summed E-state index contributed by atoms with van der Waals surface area (Å²) in [5.41, 5.74) is 2.11. The van der Waals surface area contributed by atoms with Crippen molar-refractivity contribution >= 4 is 5.91 Å². The van der Waals surface area contributed by atoms with E-state index in [-0.39, 0.29) is 5.91 Å². The number of aryl methyl sites for hydroxylation is 1. The molecule has 1 aliphatic rings. The summed E-state index contributed by atoms with van der Waals surface area (Å²) < 4.78 is 7.03. The molecule has 0 radical (unpaired) electrons. The van der Waals surface area contributed by atoms with E-state index in [9.17, 15) is 4.79 Å². The van der Waals surface area contributed by atoms with Crippen molar-refractivity contribution < 1.29 is 9.53 Å². The van der Waals surface area contributed by atoms with Gasteiger partial charge in [0.25, 0.3) is 0 Å². The Morgan fingerprint density at radius 1 is 1.31 bits per heavy atom. The van der Waals surface area contributed by atoms with E-state index < -0.39 is 5.54 Å². The molecule has 1 aromatic heterocycles. The van der Waals surface area contributed by atoms with Gasteiger partial charge in [-0.25, -0.2) is 4.98 Å². The Hall–Kier alpha value is -2.18. The molecule has 26 heavy (non-hydrogen) atoms. The number of amides is 1. The van der Waals surface area contributed by atoms with Crippen molar-refractivity contribution in [3.8, 4) is 0 Å². The van der Waals surface area contributed by atoms with Gasteiger partial charge in [-0.2, -0.15) is 0 Å². The summed E-state index contributed by atoms with van der Waals surface area (Å²) in [5.74, 6) is 0.0584. The van der Waals surface area contributed by atoms with Crippen molar-refractivity contribution in [1.82, 2.24) is 19.8 Å². The standard InChI is InChI=1S/C20H28N4O2/c1-17-5-3-4-6-18(17)15-23-11-7-20(8-12-23,24-13-9-21-16-24)19(25)22-10-14-26-2/h3-6,9,13,16H,7-8,10-12,14-15H2,1-2H3,(H,22,25). The third-order valence-corrected chi connectivity index (χ3v) is 5.35. The Morgan fingerprint density at radius 3 is 2.73 bits per heavy atom. The third kappa shape index (κ3) is 3.97. The molecule has 1 saturated heterocycles. The van der Waals surface area contributed by atoms with Gasteiger partial charge in [0.1, 0.15) is 5.54 Å². The lowest BCUT2D eigenvalue weighted by atomic mass is 9.85. The van der Waals surface area contributed by atoms with Crippen molar-refractivity contribution in [2.75, 3.05) is 33.4 Å². The van der Waals surface area contributed by atoms with Crippen LogP contribution in [0.3, 0.4) is 0 Å². The molecular weight excluding hydrogens is 328 g/mol. The van der Waals surface area contributed by atoms with Gasteiger partial charge in [-0.05, 0) is 30.9 Å². The van der Waals surface area contributed by atoms with Gasteiger partial charge in [-0.3, -0.25) is 9.69 Å². The smallest absolute Gasteiger partial charge is 0.246 e. The predicted octanol–water partition coefficient (Wildman–Crippen LogP) is 1.95. The van der Waals surface area contributed by atoms with Crippen LogP contribution in [-0.4, -0.2) is 53.7 Å². The van der Waals surface area contributed by atoms with E-state index in [1.165, 1.54) is 11.1 Å². The monoisotopic (exact) mass is 356 g/mol. The molecule has 0 atom stereocenters. The average Bonchev–Trinajstić information content (AvgIpc) is 3.20. The van der Waals surface area contributed by atoms with Crippen LogP contribution in [0.2, 0.25) is 0 Å². The maximum Gasteiger partial charge on any atom is 0.246 e. The molecule has 1 amide bonds. The fourth-order valence-electron chi connectivity index (χ4n) is 3.66. The number of benzene rings is 1. The average molecular weight is 356 g/mol. The number of hydrogen-bond acceptors (Lipinski definition) is 4. The van der Waals surface area contributed by atoms with Gasteiger partial charge in [0, 0.05) is 45.7 Å². The van der Waals surface area contributed by atoms with Crippen molar-refractivity contribution in [2.45, 2.75) is 31.8 Å². The summed E-state index contributed by atoms with van der Waals surface area (Å²) in [5, 5.41) is 3.02. The molecule has 140 valence electrons. The molecule has 3 rings (SSSR count). The lowest BCUT2D eigenvalue weighted by molar-refractivity contribution is -0.132. The van der Waals surface area contributed by atoms with Gasteiger partial charge in [0.2, 0.25) is 5.91 Å². The molecule has 1 aliphatic heterocycles. The molecule has 0 saturated carbocycles. The number of carbonyl (C=O) groups excluding carboxylic acids is 1. The zero-order chi connectivity index (χ0) is 18.4. The summed E-state index contributed by atoms with van der Waals surface area (Å²) in [6.45, 7) is 5.88. The number of ether oxygens (including phenoxy) is 1. The topological polar surface area (TPSA) is 59.4 Å². The summed E-state index contributed by atoms with van der Waals surface area (Å²) >= 11 is 0. The number of nitrogens with one attached hydrogen (secondary N) is 1. The third-order valence-electron chi connectivity index (χ3n) is 5.35. The summed E-state index contributed by atoms with van der Waals surface area (Å²) in [7, 11) is 1.64. The van der Waals surface area contributed by atoms with E-state index in [2.05, 4.69) is 46.4 Å². The molecule has 0 bridgehead atoms. The highest BCUT2D eigenvalue weighted by atomic mass is 16.5. The second kappa shape index (κ2) is 8.47. The van der Waals surface area contributed by atoms with Crippen molar-refractivity contribution in [1.29, 1.82) is 0 Å². The quantitative estimate of drug-likeness (QED) is 0.771. The Labute approximate surface area is 155 Å². The molecule has 2 aromatic rings. The van der Waals surface area contributed by atoms with Crippen LogP contribution in [0.4, 0.5) is 0 Å². The number of rotatable bonds is 7. The van der Waals surface area contributed by atoms with E-state index in [0.29, 0.717) is 13.2 Å². The first-order valence-electron chi connectivity index (χ1n) is 9.18. The first kappa shape index (κ1) is 18.6. The number of aromatic nitrogens is 2. The van der Waals surface area contributed by atoms with Gasteiger partial charge in [-0.1, -0.05) is 24.3 Å². The lowest BCUT2D eigenvalue weighted by Gasteiger charge is -2.41. The Morgan fingerprint density at radius 2 is 2.08 bits per heavy atom. The second-order valence-electron chi connectivity index (χ2n) is 6.95. The second-order valence-corrected chi connectivity index (χ2v) is 6.95. The zero-order valence-electron chi connectivity index (χ0n) is 15.6. The van der Waals surface area contributed by atoms with Gasteiger partial charge in [0.15, 0.2) is 0 Å². The fraction of sp³-hybridized carbons (Fsp3) is 0.500. The van der Waals surface area contributed by atoms with Crippen LogP contribution in [0.1, 0.15) is 24.0 Å². The van der Waals surface area contributed by atoms with E-state index in [0.717, 1.165) is 32.5 Å². The number of nitrogens with zero attached hydrogens (tertiary/aromatic N) is 3. The van der Waals surface area contributed by atoms with Gasteiger partial charge < -0.3 is 14.6 Å². The number of hydrogen-bond donors (Lipinski definition) is 1. The van der Waals surface area contributed by atoms with Crippen LogP contribution < -0.4 is 5.32 Å². The Kier molecular flexibility index (Phi) is 6.06. The first-order chi connectivity index (χ1) is 12.7. The van der Waals surface area contributed by atoms with Crippen molar-refractivity contribution in [3.63, 3.8) is 0 Å². The number of likely N-dealkylation sites (tertiary alicyclic amines) is 1. The van der Waals surface area contributed by atoms with Gasteiger partial charge in [-0.15, -0.1) is 0 Å². The van der Waals surface area contributed by atoms with Gasteiger partial charge in [0.05, 0.1) is 12.9 Å². The SMILES string of the molecule is COCCNC(=O)C1(n2ccnc2)CCN(Cc2ccccc2C)CC1. The minimum Gasteiger partial charge on any atom is -0.383 e. The molecule has 6 heteroatoms. The normalized spacial score (nSPS) is 17.2. The molecule has 0 aliphatic carbocycles. The minimum absolute atomic E-state index is 0.0584. The summed E-state index contributed by atoms with van der Waals surface area (Å²) in [4.78, 5) is 19.6. The molecule has 0 unspecified atom stereocenters. The summed E-state index contributed by atoms with van der Waals surface area (Å²) in [6, 6.07) is 8.50. The van der Waals surface area contributed by atoms with Crippen molar-refractivity contribution in [3.05, 3.63) is 54.1 Å². The highest BCUT2D eigenvalue weighted by Crippen LogP contribution is 2.31. The minimum atomic E-state index is -0.563. The maximum absolute atomic E-state index is 13.0. The molecule has 1 fully saturated rings. The number of piperidine rings is 1. The highest BCUT2D eigenvalue weighted by Gasteiger charge is 2.42. The Balaban J connectivity index is 1.69. The highest BCUT2D eigenvalue weighted by molar-refractivity contribution is 5.84. The van der Waals surface area contributed by atoms with E-state index in [1.54, 1.807) is 19.6 Å². The number of carbonyl (C=O) groups is 1. The van der Waals surface area contributed by atoms with Crippen LogP contribution in [0.15, 0.2) is 43.0 Å². The van der Waals surface area contributed by atoms with Crippen LogP contribution in [0.25, 0.3) is 0 Å². The fourth-order valence-corrected chi connectivity index (χ4v) is 3.66. The molecule has 1 aromatic carbocycles. The van der Waals surface area contributed by atoms with E-state index in [1.807, 2.05) is 10.8 Å². The Bertz CT molecular complexity index is 706. The van der Waals surface area contributed by atoms with E-state index in [4.69, 9.17) is 4.74 Å². The zero-order valence-corrected chi connectivity index (χ0v) is 15.6. The first-order valence-corrected chi connectivity index (χ1v) is 9.18. The predicted molar refractivity (Wildman–Crippen MR) is 101 cm³/mol. The number of imidazole rings is 1. The van der Waals surface area contributed by atoms with E-state index >= 15 is 0 Å². The molecule has 2 heterocycles. The largest absolute Gasteiger partial charge is 0.383 e. The lowest BCUT2D eigenvalue weighted by Crippen LogP contribution is -2.55. The van der Waals surface area contributed by atoms with Crippen LogP contribution in [0.5, 0.6) is 0 Å². The van der Waals surface area contributed by atoms with Crippen molar-refractivity contribution in [2.24, 2.45) is 0 Å². The molecular formula is C20H28N4O2. The van der Waals surface area contributed by atoms with Crippen LogP contribution in [-0.2, 0) is 21.6 Å². The number of methoxy groups -OCH3 is 1. The molecule has 1 N–H and O–H groups in total. The maximum atomic E-state index is 13.0. The molecule has 6 nitrogen and oxygen atoms in total. The van der Waals surface area contributed by atoms with Gasteiger partial charge >= 0.3 is 0 Å². The van der Waals surface area contributed by atoms with Crippen LogP contribution in [0, 0.1) is 6.92 Å². The summed E-state index contributed by atoms with van der Waals surface area (Å²) in [6.07, 6.45) is 6.94. The molecule has 0 spiro atoms. The van der Waals surface area contributed by atoms with Crippen LogP contribution >= 0.6 is 0 Å².